The molecular weight excluding hydrogens is 424 g/mol. The van der Waals surface area contributed by atoms with Crippen molar-refractivity contribution in [2.75, 3.05) is 6.61 Å². The summed E-state index contributed by atoms with van der Waals surface area (Å²) in [5.74, 6) is 0.250. The fraction of sp³-hybridized carbons (Fsp3) is 0.310. The molecule has 3 aromatic rings. The lowest BCUT2D eigenvalue weighted by Gasteiger charge is -2.32. The van der Waals surface area contributed by atoms with E-state index in [1.54, 1.807) is 4.90 Å². The van der Waals surface area contributed by atoms with Gasteiger partial charge in [-0.2, -0.15) is 0 Å². The number of aryl methyl sites for hydroxylation is 1. The van der Waals surface area contributed by atoms with Crippen LogP contribution in [0.15, 0.2) is 84.9 Å². The molecule has 178 valence electrons. The van der Waals surface area contributed by atoms with Gasteiger partial charge in [0.05, 0.1) is 0 Å². The van der Waals surface area contributed by atoms with E-state index in [4.69, 9.17) is 4.74 Å². The maximum atomic E-state index is 13.5. The van der Waals surface area contributed by atoms with Crippen molar-refractivity contribution >= 4 is 11.8 Å². The highest BCUT2D eigenvalue weighted by Crippen LogP contribution is 2.17. The number of carbonyl (C=O) groups excluding carboxylic acids is 2. The Kier molecular flexibility index (Phi) is 9.27. The van der Waals surface area contributed by atoms with Crippen LogP contribution in [-0.4, -0.2) is 35.4 Å². The molecule has 0 bridgehead atoms. The molecule has 0 saturated heterocycles. The van der Waals surface area contributed by atoms with E-state index in [-0.39, 0.29) is 24.5 Å². The number of benzene rings is 3. The molecule has 5 nitrogen and oxygen atoms in total. The lowest BCUT2D eigenvalue weighted by atomic mass is 10.0. The smallest absolute Gasteiger partial charge is 0.261 e. The van der Waals surface area contributed by atoms with Gasteiger partial charge in [-0.15, -0.1) is 0 Å². The first-order chi connectivity index (χ1) is 16.5. The van der Waals surface area contributed by atoms with Crippen molar-refractivity contribution in [1.82, 2.24) is 10.2 Å². The van der Waals surface area contributed by atoms with E-state index in [0.717, 1.165) is 23.1 Å². The van der Waals surface area contributed by atoms with Crippen molar-refractivity contribution in [2.45, 2.75) is 52.2 Å². The minimum atomic E-state index is -0.662. The van der Waals surface area contributed by atoms with Gasteiger partial charge in [-0.3, -0.25) is 9.59 Å². The Labute approximate surface area is 202 Å². The molecule has 34 heavy (non-hydrogen) atoms. The largest absolute Gasteiger partial charge is 0.484 e. The molecule has 1 N–H and O–H groups in total. The first kappa shape index (κ1) is 25.0. The molecule has 0 spiro atoms. The first-order valence-corrected chi connectivity index (χ1v) is 11.8. The molecule has 2 unspecified atom stereocenters. The molecule has 0 aliphatic carbocycles. The highest BCUT2D eigenvalue weighted by atomic mass is 16.5. The maximum Gasteiger partial charge on any atom is 0.261 e. The summed E-state index contributed by atoms with van der Waals surface area (Å²) in [6, 6.07) is 26.5. The number of amides is 2. The lowest BCUT2D eigenvalue weighted by Crippen LogP contribution is -2.53. The average molecular weight is 459 g/mol. The SMILES string of the molecule is CCC(C)NC(=O)C(Cc1ccccc1)N(Cc1ccccc1)C(=O)COc1cccc(C)c1. The van der Waals surface area contributed by atoms with Crippen LogP contribution in [0, 0.1) is 6.92 Å². The predicted octanol–water partition coefficient (Wildman–Crippen LogP) is 4.93. The highest BCUT2D eigenvalue weighted by Gasteiger charge is 2.31. The molecule has 2 amide bonds. The van der Waals surface area contributed by atoms with Crippen LogP contribution in [0.3, 0.4) is 0 Å². The molecule has 0 heterocycles. The van der Waals surface area contributed by atoms with Gasteiger partial charge in [0, 0.05) is 19.0 Å². The molecule has 2 atom stereocenters. The fourth-order valence-electron chi connectivity index (χ4n) is 3.71. The zero-order valence-electron chi connectivity index (χ0n) is 20.2. The van der Waals surface area contributed by atoms with Crippen LogP contribution in [0.25, 0.3) is 0 Å². The summed E-state index contributed by atoms with van der Waals surface area (Å²) < 4.78 is 5.83. The van der Waals surface area contributed by atoms with E-state index in [1.807, 2.05) is 106 Å². The van der Waals surface area contributed by atoms with E-state index in [1.165, 1.54) is 0 Å². The van der Waals surface area contributed by atoms with Crippen molar-refractivity contribution in [1.29, 1.82) is 0 Å². The van der Waals surface area contributed by atoms with Crippen molar-refractivity contribution in [3.8, 4) is 5.75 Å². The topological polar surface area (TPSA) is 58.6 Å². The van der Waals surface area contributed by atoms with Crippen LogP contribution in [0.2, 0.25) is 0 Å². The number of carbonyl (C=O) groups is 2. The van der Waals surface area contributed by atoms with E-state index >= 15 is 0 Å². The molecule has 3 rings (SSSR count). The van der Waals surface area contributed by atoms with Gasteiger partial charge in [0.1, 0.15) is 11.8 Å². The Balaban J connectivity index is 1.89. The number of rotatable bonds is 11. The minimum absolute atomic E-state index is 0.0167. The third kappa shape index (κ3) is 7.48. The van der Waals surface area contributed by atoms with E-state index < -0.39 is 6.04 Å². The Morgan fingerprint density at radius 3 is 2.18 bits per heavy atom. The summed E-state index contributed by atoms with van der Waals surface area (Å²) in [5, 5.41) is 3.08. The zero-order chi connectivity index (χ0) is 24.3. The maximum absolute atomic E-state index is 13.5. The fourth-order valence-corrected chi connectivity index (χ4v) is 3.71. The predicted molar refractivity (Wildman–Crippen MR) is 135 cm³/mol. The molecule has 0 aliphatic heterocycles. The van der Waals surface area contributed by atoms with Crippen LogP contribution < -0.4 is 10.1 Å². The monoisotopic (exact) mass is 458 g/mol. The second kappa shape index (κ2) is 12.6. The summed E-state index contributed by atoms with van der Waals surface area (Å²) in [6.45, 7) is 6.16. The van der Waals surface area contributed by atoms with Gasteiger partial charge in [0.15, 0.2) is 6.61 Å². The normalized spacial score (nSPS) is 12.4. The molecule has 0 aromatic heterocycles. The van der Waals surface area contributed by atoms with Gasteiger partial charge in [-0.05, 0) is 49.1 Å². The summed E-state index contributed by atoms with van der Waals surface area (Å²) in [5.41, 5.74) is 3.01. The Hall–Kier alpha value is -3.60. The Bertz CT molecular complexity index is 1050. The van der Waals surface area contributed by atoms with Gasteiger partial charge in [0.25, 0.3) is 5.91 Å². The second-order valence-electron chi connectivity index (χ2n) is 8.64. The quantitative estimate of drug-likeness (QED) is 0.443. The van der Waals surface area contributed by atoms with Gasteiger partial charge < -0.3 is 15.0 Å². The lowest BCUT2D eigenvalue weighted by molar-refractivity contribution is -0.143. The summed E-state index contributed by atoms with van der Waals surface area (Å²) in [7, 11) is 0. The van der Waals surface area contributed by atoms with E-state index in [9.17, 15) is 9.59 Å². The van der Waals surface area contributed by atoms with Crippen molar-refractivity contribution in [2.24, 2.45) is 0 Å². The number of nitrogens with one attached hydrogen (secondary N) is 1. The van der Waals surface area contributed by atoms with Crippen LogP contribution in [-0.2, 0) is 22.6 Å². The summed E-state index contributed by atoms with van der Waals surface area (Å²) in [6.07, 6.45) is 1.24. The van der Waals surface area contributed by atoms with Crippen molar-refractivity contribution in [3.05, 3.63) is 102 Å². The average Bonchev–Trinajstić information content (AvgIpc) is 2.85. The third-order valence-electron chi connectivity index (χ3n) is 5.82. The van der Waals surface area contributed by atoms with Crippen molar-refractivity contribution in [3.63, 3.8) is 0 Å². The molecule has 0 aliphatic rings. The minimum Gasteiger partial charge on any atom is -0.484 e. The van der Waals surface area contributed by atoms with Crippen molar-refractivity contribution < 1.29 is 14.3 Å². The van der Waals surface area contributed by atoms with Gasteiger partial charge >= 0.3 is 0 Å². The Morgan fingerprint density at radius 2 is 1.56 bits per heavy atom. The molecule has 5 heteroatoms. The van der Waals surface area contributed by atoms with E-state index in [0.29, 0.717) is 18.7 Å². The third-order valence-corrected chi connectivity index (χ3v) is 5.82. The van der Waals surface area contributed by atoms with E-state index in [2.05, 4.69) is 5.32 Å². The van der Waals surface area contributed by atoms with Crippen LogP contribution >= 0.6 is 0 Å². The first-order valence-electron chi connectivity index (χ1n) is 11.8. The van der Waals surface area contributed by atoms with Gasteiger partial charge in [-0.1, -0.05) is 79.7 Å². The van der Waals surface area contributed by atoms with Crippen LogP contribution in [0.4, 0.5) is 0 Å². The number of hydrogen-bond acceptors (Lipinski definition) is 3. The molecule has 0 saturated carbocycles. The Morgan fingerprint density at radius 1 is 0.912 bits per heavy atom. The number of nitrogens with zero attached hydrogens (tertiary/aromatic N) is 1. The van der Waals surface area contributed by atoms with Crippen LogP contribution in [0.1, 0.15) is 37.0 Å². The molecule has 0 radical (unpaired) electrons. The highest BCUT2D eigenvalue weighted by molar-refractivity contribution is 5.88. The summed E-state index contributed by atoms with van der Waals surface area (Å²) >= 11 is 0. The van der Waals surface area contributed by atoms with Crippen LogP contribution in [0.5, 0.6) is 5.75 Å². The molecule has 0 fully saturated rings. The van der Waals surface area contributed by atoms with Gasteiger partial charge in [-0.25, -0.2) is 0 Å². The second-order valence-corrected chi connectivity index (χ2v) is 8.64. The standard InChI is InChI=1S/C29H34N2O3/c1-4-23(3)30-29(33)27(19-24-13-7-5-8-14-24)31(20-25-15-9-6-10-16-25)28(32)21-34-26-17-11-12-22(2)18-26/h5-18,23,27H,4,19-21H2,1-3H3,(H,30,33). The summed E-state index contributed by atoms with van der Waals surface area (Å²) in [4.78, 5) is 28.6. The molecular formula is C29H34N2O3. The number of hydrogen-bond donors (Lipinski definition) is 1. The molecule has 3 aromatic carbocycles. The number of ether oxygens (including phenoxy) is 1. The zero-order valence-corrected chi connectivity index (χ0v) is 20.2. The van der Waals surface area contributed by atoms with Gasteiger partial charge in [0.2, 0.25) is 5.91 Å².